The molecule has 0 aromatic heterocycles. The summed E-state index contributed by atoms with van der Waals surface area (Å²) in [5.74, 6) is -1.20. The average Bonchev–Trinajstić information content (AvgIpc) is 2.37. The maximum absolute atomic E-state index is 13.3. The van der Waals surface area contributed by atoms with Crippen molar-refractivity contribution in [2.75, 3.05) is 10.5 Å². The molecule has 0 aliphatic rings. The minimum atomic E-state index is -3.99. The second kappa shape index (κ2) is 6.05. The molecule has 112 valence electrons. The third-order valence-electron chi connectivity index (χ3n) is 2.52. The van der Waals surface area contributed by atoms with Gasteiger partial charge in [0, 0.05) is 8.04 Å². The van der Waals surface area contributed by atoms with Gasteiger partial charge in [0.1, 0.15) is 16.5 Å². The molecule has 2 aromatic carbocycles. The first-order chi connectivity index (χ1) is 9.70. The largest absolute Gasteiger partial charge is 0.396 e. The summed E-state index contributed by atoms with van der Waals surface area (Å²) in [7, 11) is -3.99. The monoisotopic (exact) mass is 488 g/mol. The maximum Gasteiger partial charge on any atom is 0.263 e. The molecule has 9 heteroatoms. The number of nitrogens with two attached hydrogens (primary N) is 1. The number of rotatable bonds is 3. The molecular weight excluding hydrogens is 481 g/mol. The van der Waals surface area contributed by atoms with Crippen molar-refractivity contribution < 1.29 is 17.2 Å². The quantitative estimate of drug-likeness (QED) is 0.511. The van der Waals surface area contributed by atoms with E-state index in [1.807, 2.05) is 0 Å². The first kappa shape index (κ1) is 16.4. The minimum Gasteiger partial charge on any atom is -0.396 e. The minimum absolute atomic E-state index is 0.0406. The summed E-state index contributed by atoms with van der Waals surface area (Å²) in [6.45, 7) is 0. The molecule has 2 aromatic rings. The Hall–Kier alpha value is -0.940. The van der Waals surface area contributed by atoms with Gasteiger partial charge in [0.15, 0.2) is 0 Å². The molecule has 0 radical (unpaired) electrons. The van der Waals surface area contributed by atoms with E-state index in [1.165, 1.54) is 12.1 Å². The molecule has 21 heavy (non-hydrogen) atoms. The summed E-state index contributed by atoms with van der Waals surface area (Å²) in [6, 6.07) is 5.60. The van der Waals surface area contributed by atoms with Gasteiger partial charge in [0.05, 0.1) is 11.4 Å². The van der Waals surface area contributed by atoms with Crippen LogP contribution in [0.2, 0.25) is 0 Å². The van der Waals surface area contributed by atoms with E-state index in [1.54, 1.807) is 22.6 Å². The zero-order valence-corrected chi connectivity index (χ0v) is 14.8. The fourth-order valence-electron chi connectivity index (χ4n) is 1.52. The Morgan fingerprint density at radius 2 is 1.86 bits per heavy atom. The number of sulfonamides is 1. The lowest BCUT2D eigenvalue weighted by molar-refractivity contribution is 0.599. The Bertz CT molecular complexity index is 815. The summed E-state index contributed by atoms with van der Waals surface area (Å²) in [5.41, 5.74) is 5.32. The van der Waals surface area contributed by atoms with Gasteiger partial charge in [-0.25, -0.2) is 17.2 Å². The normalized spacial score (nSPS) is 11.4. The topological polar surface area (TPSA) is 72.2 Å². The number of halogens is 4. The van der Waals surface area contributed by atoms with Crippen molar-refractivity contribution in [3.63, 3.8) is 0 Å². The van der Waals surface area contributed by atoms with Crippen LogP contribution >= 0.6 is 38.5 Å². The maximum atomic E-state index is 13.3. The summed E-state index contributed by atoms with van der Waals surface area (Å²) >= 11 is 4.79. The lowest BCUT2D eigenvalue weighted by Crippen LogP contribution is -2.15. The first-order valence-electron chi connectivity index (χ1n) is 5.43. The van der Waals surface area contributed by atoms with Crippen LogP contribution in [0.25, 0.3) is 0 Å². The zero-order chi connectivity index (χ0) is 15.8. The van der Waals surface area contributed by atoms with E-state index < -0.39 is 21.7 Å². The van der Waals surface area contributed by atoms with E-state index in [0.29, 0.717) is 3.57 Å². The van der Waals surface area contributed by atoms with Crippen LogP contribution < -0.4 is 10.5 Å². The van der Waals surface area contributed by atoms with Crippen LogP contribution in [0.3, 0.4) is 0 Å². The molecule has 0 unspecified atom stereocenters. The molecule has 0 spiro atoms. The third kappa shape index (κ3) is 3.64. The summed E-state index contributed by atoms with van der Waals surface area (Å²) in [4.78, 5) is -0.207. The van der Waals surface area contributed by atoms with Gasteiger partial charge in [-0.3, -0.25) is 4.72 Å². The van der Waals surface area contributed by atoms with Crippen molar-refractivity contribution in [1.29, 1.82) is 0 Å². The molecule has 3 N–H and O–H groups in total. The van der Waals surface area contributed by atoms with E-state index in [2.05, 4.69) is 20.7 Å². The summed E-state index contributed by atoms with van der Waals surface area (Å²) in [6.07, 6.45) is 0. The molecule has 0 atom stereocenters. The number of hydrogen-bond acceptors (Lipinski definition) is 3. The molecule has 0 amide bonds. The Kier molecular flexibility index (Phi) is 4.73. The number of nitrogen functional groups attached to an aromatic ring is 1. The molecule has 0 saturated heterocycles. The van der Waals surface area contributed by atoms with Crippen molar-refractivity contribution in [2.45, 2.75) is 4.90 Å². The first-order valence-corrected chi connectivity index (χ1v) is 8.78. The highest BCUT2D eigenvalue weighted by atomic mass is 127. The van der Waals surface area contributed by atoms with E-state index in [9.17, 15) is 17.2 Å². The van der Waals surface area contributed by atoms with Gasteiger partial charge < -0.3 is 5.73 Å². The number of anilines is 2. The van der Waals surface area contributed by atoms with Gasteiger partial charge in [-0.1, -0.05) is 0 Å². The van der Waals surface area contributed by atoms with Crippen molar-refractivity contribution in [1.82, 2.24) is 0 Å². The van der Waals surface area contributed by atoms with Crippen LogP contribution in [0.1, 0.15) is 0 Å². The van der Waals surface area contributed by atoms with Crippen molar-refractivity contribution in [2.24, 2.45) is 0 Å². The zero-order valence-electron chi connectivity index (χ0n) is 10.2. The fourth-order valence-corrected chi connectivity index (χ4v) is 4.45. The Morgan fingerprint density at radius 1 is 1.19 bits per heavy atom. The molecular formula is C12H8BrF2IN2O2S. The fraction of sp³-hybridized carbons (Fsp3) is 0. The van der Waals surface area contributed by atoms with Gasteiger partial charge in [0.25, 0.3) is 10.0 Å². The second-order valence-corrected chi connectivity index (χ2v) is 7.70. The van der Waals surface area contributed by atoms with Gasteiger partial charge in [-0.2, -0.15) is 0 Å². The molecule has 0 aliphatic carbocycles. The van der Waals surface area contributed by atoms with Gasteiger partial charge >= 0.3 is 0 Å². The van der Waals surface area contributed by atoms with E-state index in [-0.39, 0.29) is 20.7 Å². The lowest BCUT2D eigenvalue weighted by Gasteiger charge is -2.12. The number of benzene rings is 2. The Labute approximate surface area is 142 Å². The third-order valence-corrected chi connectivity index (χ3v) is 5.73. The molecule has 0 aliphatic heterocycles. The highest BCUT2D eigenvalue weighted by Gasteiger charge is 2.21. The smallest absolute Gasteiger partial charge is 0.263 e. The second-order valence-electron chi connectivity index (χ2n) is 4.03. The van der Waals surface area contributed by atoms with E-state index in [0.717, 1.165) is 18.2 Å². The lowest BCUT2D eigenvalue weighted by atomic mass is 10.3. The molecule has 0 heterocycles. The van der Waals surface area contributed by atoms with Gasteiger partial charge in [0.2, 0.25) is 0 Å². The van der Waals surface area contributed by atoms with Gasteiger partial charge in [-0.15, -0.1) is 0 Å². The van der Waals surface area contributed by atoms with Crippen LogP contribution in [0.4, 0.5) is 20.2 Å². The van der Waals surface area contributed by atoms with Crippen molar-refractivity contribution in [3.05, 3.63) is 50.0 Å². The summed E-state index contributed by atoms with van der Waals surface area (Å²) in [5, 5.41) is 0. The Balaban J connectivity index is 2.46. The highest BCUT2D eigenvalue weighted by molar-refractivity contribution is 14.1. The van der Waals surface area contributed by atoms with Crippen LogP contribution in [0, 0.1) is 15.2 Å². The predicted molar refractivity (Wildman–Crippen MR) is 88.4 cm³/mol. The molecule has 0 bridgehead atoms. The Morgan fingerprint density at radius 3 is 2.48 bits per heavy atom. The molecule has 0 fully saturated rings. The van der Waals surface area contributed by atoms with E-state index >= 15 is 0 Å². The molecule has 0 saturated carbocycles. The standard InChI is InChI=1S/C12H8BrF2IN2O2S/c13-7-4-8(15)10(17)5-12(7)21(19,20)18-11-2-1-6(14)3-9(11)16/h1-5,18H,17H2. The van der Waals surface area contributed by atoms with Crippen molar-refractivity contribution in [3.8, 4) is 0 Å². The van der Waals surface area contributed by atoms with E-state index in [4.69, 9.17) is 5.73 Å². The number of hydrogen-bond donors (Lipinski definition) is 2. The SMILES string of the molecule is Nc1cc(S(=O)(=O)Nc2ccc(F)cc2I)c(Br)cc1F. The predicted octanol–water partition coefficient (Wildman–Crippen LogP) is 3.71. The van der Waals surface area contributed by atoms with Crippen LogP contribution in [-0.4, -0.2) is 8.42 Å². The summed E-state index contributed by atoms with van der Waals surface area (Å²) < 4.78 is 53.6. The number of nitrogens with one attached hydrogen (secondary N) is 1. The molecule has 2 rings (SSSR count). The van der Waals surface area contributed by atoms with Crippen molar-refractivity contribution >= 4 is 59.9 Å². The van der Waals surface area contributed by atoms with Crippen LogP contribution in [-0.2, 0) is 10.0 Å². The highest BCUT2D eigenvalue weighted by Crippen LogP contribution is 2.29. The van der Waals surface area contributed by atoms with Gasteiger partial charge in [-0.05, 0) is 68.9 Å². The van der Waals surface area contributed by atoms with Crippen LogP contribution in [0.5, 0.6) is 0 Å². The average molecular weight is 489 g/mol. The van der Waals surface area contributed by atoms with Crippen LogP contribution in [0.15, 0.2) is 39.7 Å². The molecule has 4 nitrogen and oxygen atoms in total.